The van der Waals surface area contributed by atoms with Crippen molar-refractivity contribution in [3.63, 3.8) is 0 Å². The lowest BCUT2D eigenvalue weighted by Crippen LogP contribution is -2.05. The minimum absolute atomic E-state index is 0.204. The Kier molecular flexibility index (Phi) is 3.06. The first kappa shape index (κ1) is 11.7. The molecule has 0 saturated carbocycles. The van der Waals surface area contributed by atoms with Crippen molar-refractivity contribution in [1.82, 2.24) is 4.98 Å². The fourth-order valence-corrected chi connectivity index (χ4v) is 3.01. The van der Waals surface area contributed by atoms with Crippen molar-refractivity contribution >= 4 is 11.3 Å². The molecule has 0 amide bonds. The fraction of sp³-hybridized carbons (Fsp3) is 0.357. The molecular weight excluding hydrogens is 244 g/mol. The van der Waals surface area contributed by atoms with Crippen LogP contribution in [-0.2, 0) is 13.0 Å². The highest BCUT2D eigenvalue weighted by Gasteiger charge is 2.19. The van der Waals surface area contributed by atoms with Crippen LogP contribution in [0.3, 0.4) is 0 Å². The van der Waals surface area contributed by atoms with E-state index in [1.165, 1.54) is 11.1 Å². The predicted octanol–water partition coefficient (Wildman–Crippen LogP) is 2.98. The zero-order chi connectivity index (χ0) is 12.5. The maximum atomic E-state index is 6.02. The zero-order valence-electron chi connectivity index (χ0n) is 10.3. The van der Waals surface area contributed by atoms with Gasteiger partial charge in [0.1, 0.15) is 17.4 Å². The molecule has 1 aliphatic rings. The van der Waals surface area contributed by atoms with Gasteiger partial charge in [0.25, 0.3) is 0 Å². The molecule has 0 aliphatic heterocycles. The summed E-state index contributed by atoms with van der Waals surface area (Å²) in [5.74, 6) is 0.913. The predicted molar refractivity (Wildman–Crippen MR) is 72.9 cm³/mol. The van der Waals surface area contributed by atoms with Gasteiger partial charge in [0.05, 0.1) is 0 Å². The highest BCUT2D eigenvalue weighted by Crippen LogP contribution is 2.32. The first-order valence-corrected chi connectivity index (χ1v) is 7.02. The molecule has 4 heteroatoms. The van der Waals surface area contributed by atoms with Crippen molar-refractivity contribution in [2.45, 2.75) is 32.4 Å². The van der Waals surface area contributed by atoms with E-state index in [2.05, 4.69) is 17.1 Å². The minimum Gasteiger partial charge on any atom is -0.486 e. The normalized spacial score (nSPS) is 17.8. The highest BCUT2D eigenvalue weighted by atomic mass is 32.1. The van der Waals surface area contributed by atoms with Crippen molar-refractivity contribution in [1.29, 1.82) is 0 Å². The number of ether oxygens (including phenoxy) is 1. The molecule has 0 saturated heterocycles. The van der Waals surface area contributed by atoms with Crippen LogP contribution < -0.4 is 10.5 Å². The molecule has 18 heavy (non-hydrogen) atoms. The molecule has 0 fully saturated rings. The molecule has 1 aromatic carbocycles. The topological polar surface area (TPSA) is 48.1 Å². The van der Waals surface area contributed by atoms with Gasteiger partial charge in [-0.1, -0.05) is 6.07 Å². The van der Waals surface area contributed by atoms with Crippen LogP contribution >= 0.6 is 11.3 Å². The lowest BCUT2D eigenvalue weighted by atomic mass is 10.1. The summed E-state index contributed by atoms with van der Waals surface area (Å²) in [5, 5.41) is 3.06. The molecule has 0 spiro atoms. The van der Waals surface area contributed by atoms with Crippen LogP contribution in [0.5, 0.6) is 5.75 Å². The third kappa shape index (κ3) is 2.26. The Labute approximate surface area is 111 Å². The van der Waals surface area contributed by atoms with Crippen molar-refractivity contribution < 1.29 is 4.74 Å². The highest BCUT2D eigenvalue weighted by molar-refractivity contribution is 7.09. The van der Waals surface area contributed by atoms with E-state index in [4.69, 9.17) is 10.5 Å². The number of rotatable bonds is 3. The van der Waals surface area contributed by atoms with Crippen LogP contribution in [0, 0.1) is 6.92 Å². The summed E-state index contributed by atoms with van der Waals surface area (Å²) in [6.45, 7) is 2.54. The molecule has 0 bridgehead atoms. The van der Waals surface area contributed by atoms with Crippen LogP contribution in [0.2, 0.25) is 0 Å². The van der Waals surface area contributed by atoms with E-state index >= 15 is 0 Å². The molecular formula is C14H16N2OS. The Balaban J connectivity index is 1.70. The standard InChI is InChI=1S/C14H16N2OS/c1-9-8-18-14(16-9)7-17-11-3-4-12-10(6-11)2-5-13(12)15/h3-4,6,8,13H,2,5,7,15H2,1H3/t13-/m1/s1. The minimum atomic E-state index is 0.204. The number of nitrogens with zero attached hydrogens (tertiary/aromatic N) is 1. The van der Waals surface area contributed by atoms with E-state index < -0.39 is 0 Å². The Hall–Kier alpha value is -1.39. The number of thiazole rings is 1. The van der Waals surface area contributed by atoms with E-state index in [9.17, 15) is 0 Å². The third-order valence-corrected chi connectivity index (χ3v) is 4.21. The summed E-state index contributed by atoms with van der Waals surface area (Å²) in [5.41, 5.74) is 9.67. The van der Waals surface area contributed by atoms with Gasteiger partial charge in [0.15, 0.2) is 0 Å². The lowest BCUT2D eigenvalue weighted by molar-refractivity contribution is 0.305. The van der Waals surface area contributed by atoms with Gasteiger partial charge < -0.3 is 10.5 Å². The fourth-order valence-electron chi connectivity index (χ4n) is 2.33. The van der Waals surface area contributed by atoms with Gasteiger partial charge >= 0.3 is 0 Å². The second kappa shape index (κ2) is 4.71. The molecule has 3 nitrogen and oxygen atoms in total. The average Bonchev–Trinajstić information content (AvgIpc) is 2.94. The molecule has 1 heterocycles. The maximum Gasteiger partial charge on any atom is 0.140 e. The van der Waals surface area contributed by atoms with Crippen molar-refractivity contribution in [2.24, 2.45) is 5.73 Å². The molecule has 94 valence electrons. The largest absolute Gasteiger partial charge is 0.486 e. The second-order valence-electron chi connectivity index (χ2n) is 4.68. The number of nitrogens with two attached hydrogens (primary N) is 1. The quantitative estimate of drug-likeness (QED) is 0.923. The molecule has 1 aromatic heterocycles. The lowest BCUT2D eigenvalue weighted by Gasteiger charge is -2.08. The Bertz CT molecular complexity index is 565. The first-order valence-electron chi connectivity index (χ1n) is 6.14. The summed E-state index contributed by atoms with van der Waals surface area (Å²) >= 11 is 1.64. The van der Waals surface area contributed by atoms with Crippen LogP contribution in [-0.4, -0.2) is 4.98 Å². The SMILES string of the molecule is Cc1csc(COc2ccc3c(c2)CC[C@H]3N)n1. The van der Waals surface area contributed by atoms with E-state index in [1.807, 2.05) is 18.4 Å². The summed E-state index contributed by atoms with van der Waals surface area (Å²) < 4.78 is 5.77. The Morgan fingerprint density at radius 3 is 3.17 bits per heavy atom. The van der Waals surface area contributed by atoms with Crippen LogP contribution in [0.25, 0.3) is 0 Å². The summed E-state index contributed by atoms with van der Waals surface area (Å²) in [7, 11) is 0. The summed E-state index contributed by atoms with van der Waals surface area (Å²) in [6.07, 6.45) is 2.11. The summed E-state index contributed by atoms with van der Waals surface area (Å²) in [4.78, 5) is 4.38. The third-order valence-electron chi connectivity index (χ3n) is 3.27. The number of hydrogen-bond donors (Lipinski definition) is 1. The first-order chi connectivity index (χ1) is 8.72. The van der Waals surface area contributed by atoms with Gasteiger partial charge in [-0.3, -0.25) is 0 Å². The van der Waals surface area contributed by atoms with Crippen molar-refractivity contribution in [2.75, 3.05) is 0 Å². The van der Waals surface area contributed by atoms with E-state index in [1.54, 1.807) is 11.3 Å². The molecule has 3 rings (SSSR count). The van der Waals surface area contributed by atoms with E-state index in [0.29, 0.717) is 6.61 Å². The molecule has 0 radical (unpaired) electrons. The second-order valence-corrected chi connectivity index (χ2v) is 5.62. The molecule has 2 N–H and O–H groups in total. The van der Waals surface area contributed by atoms with Gasteiger partial charge in [-0.15, -0.1) is 11.3 Å². The number of benzene rings is 1. The van der Waals surface area contributed by atoms with Gasteiger partial charge in [0.2, 0.25) is 0 Å². The van der Waals surface area contributed by atoms with E-state index in [-0.39, 0.29) is 6.04 Å². The van der Waals surface area contributed by atoms with Gasteiger partial charge in [0, 0.05) is 17.1 Å². The monoisotopic (exact) mass is 260 g/mol. The van der Waals surface area contributed by atoms with Crippen molar-refractivity contribution in [3.8, 4) is 5.75 Å². The molecule has 0 unspecified atom stereocenters. The zero-order valence-corrected chi connectivity index (χ0v) is 11.2. The number of hydrogen-bond acceptors (Lipinski definition) is 4. The van der Waals surface area contributed by atoms with Crippen LogP contribution in [0.4, 0.5) is 0 Å². The van der Waals surface area contributed by atoms with Gasteiger partial charge in [-0.2, -0.15) is 0 Å². The van der Waals surface area contributed by atoms with Crippen LogP contribution in [0.15, 0.2) is 23.6 Å². The van der Waals surface area contributed by atoms with Gasteiger partial charge in [-0.05, 0) is 43.0 Å². The van der Waals surface area contributed by atoms with Crippen LogP contribution in [0.1, 0.15) is 34.3 Å². The maximum absolute atomic E-state index is 6.02. The molecule has 1 aliphatic carbocycles. The number of fused-ring (bicyclic) bond motifs is 1. The molecule has 2 aromatic rings. The summed E-state index contributed by atoms with van der Waals surface area (Å²) in [6, 6.07) is 6.42. The molecule has 1 atom stereocenters. The average molecular weight is 260 g/mol. The van der Waals surface area contributed by atoms with Gasteiger partial charge in [-0.25, -0.2) is 4.98 Å². The number of aryl methyl sites for hydroxylation is 2. The number of aromatic nitrogens is 1. The smallest absolute Gasteiger partial charge is 0.140 e. The Morgan fingerprint density at radius 1 is 1.50 bits per heavy atom. The van der Waals surface area contributed by atoms with Crippen molar-refractivity contribution in [3.05, 3.63) is 45.4 Å². The van der Waals surface area contributed by atoms with E-state index in [0.717, 1.165) is 29.3 Å². The Morgan fingerprint density at radius 2 is 2.39 bits per heavy atom.